The molecule has 0 radical (unpaired) electrons. The first kappa shape index (κ1) is 18.1. The van der Waals surface area contributed by atoms with Crippen molar-refractivity contribution in [2.75, 3.05) is 39.9 Å². The van der Waals surface area contributed by atoms with Crippen LogP contribution in [0.25, 0.3) is 0 Å². The lowest BCUT2D eigenvalue weighted by molar-refractivity contribution is -0.143. The number of ether oxygens (including phenoxy) is 2. The Morgan fingerprint density at radius 2 is 1.80 bits per heavy atom. The van der Waals surface area contributed by atoms with Gasteiger partial charge in [-0.2, -0.15) is 0 Å². The Bertz CT molecular complexity index is 544. The van der Waals surface area contributed by atoms with Gasteiger partial charge in [0.25, 0.3) is 0 Å². The Balaban J connectivity index is 1.74. The lowest BCUT2D eigenvalue weighted by Gasteiger charge is -2.40. The smallest absolute Gasteiger partial charge is 0.305 e. The molecule has 2 atom stereocenters. The third-order valence-corrected chi connectivity index (χ3v) is 4.53. The van der Waals surface area contributed by atoms with E-state index in [9.17, 15) is 9.59 Å². The van der Waals surface area contributed by atoms with Crippen LogP contribution in [0.2, 0.25) is 0 Å². The van der Waals surface area contributed by atoms with Crippen molar-refractivity contribution in [3.63, 3.8) is 0 Å². The minimum absolute atomic E-state index is 0.120. The Morgan fingerprint density at radius 3 is 2.48 bits per heavy atom. The monoisotopic (exact) mass is 351 g/mol. The zero-order chi connectivity index (χ0) is 19.0. The number of esters is 1. The number of piperazine rings is 1. The predicted octanol–water partition coefficient (Wildman–Crippen LogP) is 1.76. The van der Waals surface area contributed by atoms with Crippen LogP contribution in [0.5, 0.6) is 0 Å². The van der Waals surface area contributed by atoms with Crippen molar-refractivity contribution in [1.82, 2.24) is 9.80 Å². The van der Waals surface area contributed by atoms with Gasteiger partial charge in [0.1, 0.15) is 0 Å². The van der Waals surface area contributed by atoms with E-state index in [4.69, 9.17) is 10.8 Å². The van der Waals surface area contributed by atoms with Gasteiger partial charge in [-0.25, -0.2) is 0 Å². The van der Waals surface area contributed by atoms with Gasteiger partial charge in [-0.15, -0.1) is 0 Å². The summed E-state index contributed by atoms with van der Waals surface area (Å²) in [6, 6.07) is -0.918. The second-order valence-corrected chi connectivity index (χ2v) is 6.21. The topological polar surface area (TPSA) is 59.1 Å². The molecule has 6 nitrogen and oxygen atoms in total. The summed E-state index contributed by atoms with van der Waals surface area (Å²) >= 11 is 0. The number of carbonyl (C=O) groups is 2. The zero-order valence-electron chi connectivity index (χ0n) is 16.3. The molecule has 1 amide bonds. The number of allylic oxidation sites excluding steroid dienone is 2. The van der Waals surface area contributed by atoms with Gasteiger partial charge >= 0.3 is 5.97 Å². The van der Waals surface area contributed by atoms with Gasteiger partial charge in [0.2, 0.25) is 5.91 Å². The molecule has 0 aromatic carbocycles. The average molecular weight is 351 g/mol. The van der Waals surface area contributed by atoms with Gasteiger partial charge in [0.05, 0.1) is 20.1 Å². The van der Waals surface area contributed by atoms with Crippen LogP contribution in [0.3, 0.4) is 0 Å². The number of carbonyl (C=O) groups excluding carboxylic acids is 2. The van der Waals surface area contributed by atoms with Crippen LogP contribution >= 0.6 is 0 Å². The Kier molecular flexibility index (Phi) is 7.52. The quantitative estimate of drug-likeness (QED) is 0.493. The number of unbranched alkanes of at least 4 members (excludes halogenated alkanes) is 1. The highest BCUT2D eigenvalue weighted by atomic mass is 16.5. The van der Waals surface area contributed by atoms with E-state index in [-0.39, 0.29) is 18.0 Å². The summed E-state index contributed by atoms with van der Waals surface area (Å²) in [4.78, 5) is 27.6. The molecule has 0 saturated carbocycles. The molecule has 1 fully saturated rings. The van der Waals surface area contributed by atoms with E-state index in [1.807, 2.05) is 29.2 Å². The minimum Gasteiger partial charge on any atom is -0.466 e. The fourth-order valence-corrected chi connectivity index (χ4v) is 3.15. The van der Waals surface area contributed by atoms with Gasteiger partial charge in [-0.1, -0.05) is 24.3 Å². The summed E-state index contributed by atoms with van der Waals surface area (Å²) in [5.41, 5.74) is 0. The highest BCUT2D eigenvalue weighted by Gasteiger charge is 2.29. The minimum atomic E-state index is -0.918. The summed E-state index contributed by atoms with van der Waals surface area (Å²) in [7, 11) is 1.62. The number of nitrogens with zero attached hydrogens (tertiary/aromatic N) is 2. The van der Waals surface area contributed by atoms with E-state index in [0.29, 0.717) is 58.5 Å². The second-order valence-electron chi connectivity index (χ2n) is 6.21. The number of amides is 1. The van der Waals surface area contributed by atoms with Gasteiger partial charge in [-0.05, 0) is 19.8 Å². The van der Waals surface area contributed by atoms with Crippen molar-refractivity contribution in [1.29, 1.82) is 0 Å². The molecule has 1 aliphatic heterocycles. The van der Waals surface area contributed by atoms with Crippen LogP contribution in [0, 0.1) is 0 Å². The van der Waals surface area contributed by atoms with Gasteiger partial charge in [0.15, 0.2) is 0 Å². The molecule has 0 bridgehead atoms. The van der Waals surface area contributed by atoms with Gasteiger partial charge in [-0.3, -0.25) is 14.5 Å². The van der Waals surface area contributed by atoms with Crippen molar-refractivity contribution < 1.29 is 20.4 Å². The number of rotatable bonds is 8. The first-order valence-electron chi connectivity index (χ1n) is 9.58. The Hall–Kier alpha value is -1.66. The maximum Gasteiger partial charge on any atom is 0.305 e. The van der Waals surface area contributed by atoms with Gasteiger partial charge < -0.3 is 14.4 Å². The molecular formula is C19H30N2O4. The third kappa shape index (κ3) is 5.97. The van der Waals surface area contributed by atoms with E-state index >= 15 is 0 Å². The largest absolute Gasteiger partial charge is 0.466 e. The van der Waals surface area contributed by atoms with Crippen LogP contribution < -0.4 is 0 Å². The fraction of sp³-hybridized carbons (Fsp3) is 0.684. The molecule has 0 aromatic heterocycles. The molecule has 2 rings (SSSR count). The molecule has 2 aliphatic rings. The molecule has 1 heterocycles. The lowest BCUT2D eigenvalue weighted by atomic mass is 10.0. The van der Waals surface area contributed by atoms with Gasteiger partial charge in [0, 0.05) is 46.1 Å². The highest BCUT2D eigenvalue weighted by molar-refractivity contribution is 5.76. The highest BCUT2D eigenvalue weighted by Crippen LogP contribution is 2.18. The summed E-state index contributed by atoms with van der Waals surface area (Å²) < 4.78 is 19.1. The molecule has 2 unspecified atom stereocenters. The molecule has 0 spiro atoms. The molecule has 6 heteroatoms. The van der Waals surface area contributed by atoms with Crippen LogP contribution in [-0.4, -0.2) is 73.7 Å². The van der Waals surface area contributed by atoms with Crippen molar-refractivity contribution in [2.45, 2.75) is 44.7 Å². The van der Waals surface area contributed by atoms with Crippen molar-refractivity contribution >= 4 is 11.9 Å². The normalized spacial score (nSPS) is 27.2. The Labute approximate surface area is 151 Å². The molecule has 140 valence electrons. The van der Waals surface area contributed by atoms with Crippen LogP contribution in [0.1, 0.15) is 34.0 Å². The van der Waals surface area contributed by atoms with E-state index in [1.54, 1.807) is 14.0 Å². The SMILES string of the molecule is [2H]C1(N2CCN(C(=O)CCCCC(=O)OCC)CC2)C=CC=CC1OC. The molecule has 1 aliphatic carbocycles. The van der Waals surface area contributed by atoms with Crippen LogP contribution in [0.4, 0.5) is 0 Å². The average Bonchev–Trinajstić information content (AvgIpc) is 2.66. The first-order chi connectivity index (χ1) is 12.5. The molecule has 0 aromatic rings. The fourth-order valence-electron chi connectivity index (χ4n) is 3.15. The van der Waals surface area contributed by atoms with E-state index < -0.39 is 6.02 Å². The summed E-state index contributed by atoms with van der Waals surface area (Å²) in [5.74, 6) is -0.0773. The summed E-state index contributed by atoms with van der Waals surface area (Å²) in [5, 5.41) is 0. The number of hydrogen-bond acceptors (Lipinski definition) is 5. The Morgan fingerprint density at radius 1 is 1.12 bits per heavy atom. The standard InChI is InChI=1S/C19H30N2O4/c1-3-25-19(23)11-7-6-10-18(22)21-14-12-20(13-15-21)16-8-4-5-9-17(16)24-2/h4-5,8-9,16-17H,3,6-7,10-15H2,1-2H3/i16D. The van der Waals surface area contributed by atoms with Crippen LogP contribution in [-0.2, 0) is 19.1 Å². The molecule has 25 heavy (non-hydrogen) atoms. The van der Waals surface area contributed by atoms with Crippen molar-refractivity contribution in [2.24, 2.45) is 0 Å². The first-order valence-corrected chi connectivity index (χ1v) is 9.08. The summed E-state index contributed by atoms with van der Waals surface area (Å²) in [6.07, 6.45) is 9.41. The van der Waals surface area contributed by atoms with E-state index in [1.165, 1.54) is 0 Å². The van der Waals surface area contributed by atoms with Crippen molar-refractivity contribution in [3.05, 3.63) is 24.3 Å². The predicted molar refractivity (Wildman–Crippen MR) is 96.1 cm³/mol. The van der Waals surface area contributed by atoms with Crippen LogP contribution in [0.15, 0.2) is 24.3 Å². The lowest BCUT2D eigenvalue weighted by Crippen LogP contribution is -2.54. The second kappa shape index (κ2) is 10.4. The maximum atomic E-state index is 12.3. The third-order valence-electron chi connectivity index (χ3n) is 4.53. The zero-order valence-corrected chi connectivity index (χ0v) is 15.3. The van der Waals surface area contributed by atoms with E-state index in [0.717, 1.165) is 0 Å². The molecular weight excluding hydrogens is 320 g/mol. The van der Waals surface area contributed by atoms with E-state index in [2.05, 4.69) is 4.90 Å². The number of methoxy groups -OCH3 is 1. The maximum absolute atomic E-state index is 12.3. The molecule has 1 saturated heterocycles. The molecule has 0 N–H and O–H groups in total. The number of hydrogen-bond donors (Lipinski definition) is 0. The summed E-state index contributed by atoms with van der Waals surface area (Å²) in [6.45, 7) is 4.72. The van der Waals surface area contributed by atoms with Crippen molar-refractivity contribution in [3.8, 4) is 0 Å².